The number of hydrogen-bond donors (Lipinski definition) is 1. The molecule has 0 aliphatic rings. The van der Waals surface area contributed by atoms with Gasteiger partial charge in [0.25, 0.3) is 0 Å². The molecule has 0 bridgehead atoms. The highest BCUT2D eigenvalue weighted by atomic mass is 19.1. The molecule has 0 atom stereocenters. The van der Waals surface area contributed by atoms with Crippen molar-refractivity contribution in [3.63, 3.8) is 0 Å². The molecule has 0 aliphatic heterocycles. The molecule has 2 heteroatoms. The van der Waals surface area contributed by atoms with Gasteiger partial charge in [-0.2, -0.15) is 0 Å². The SMILES string of the molecule is C/C(N)=C(/C)F. The minimum Gasteiger partial charge on any atom is -0.400 e. The zero-order valence-corrected chi connectivity index (χ0v) is 3.96. The Morgan fingerprint density at radius 3 is 1.67 bits per heavy atom. The Labute approximate surface area is 36.6 Å². The lowest BCUT2D eigenvalue weighted by Crippen LogP contribution is -1.90. The standard InChI is InChI=1S/C4H8FN/c1-3(5)4(2)6/h6H2,1-2H3/b4-3+. The maximum absolute atomic E-state index is 11.6. The third-order valence-corrected chi connectivity index (χ3v) is 0.543. The molecule has 0 amide bonds. The molecular weight excluding hydrogens is 81.0 g/mol. The monoisotopic (exact) mass is 89.1 g/mol. The van der Waals surface area contributed by atoms with Crippen LogP contribution in [0.15, 0.2) is 11.5 Å². The summed E-state index contributed by atoms with van der Waals surface area (Å²) >= 11 is 0. The van der Waals surface area contributed by atoms with E-state index in [0.29, 0.717) is 0 Å². The Morgan fingerprint density at radius 1 is 1.50 bits per heavy atom. The summed E-state index contributed by atoms with van der Waals surface area (Å²) in [7, 11) is 0. The van der Waals surface area contributed by atoms with E-state index in [4.69, 9.17) is 5.73 Å². The number of allylic oxidation sites excluding steroid dienone is 2. The smallest absolute Gasteiger partial charge is 0.115 e. The molecule has 0 spiro atoms. The van der Waals surface area contributed by atoms with E-state index in [9.17, 15) is 4.39 Å². The average molecular weight is 89.1 g/mol. The Morgan fingerprint density at radius 2 is 1.67 bits per heavy atom. The van der Waals surface area contributed by atoms with Gasteiger partial charge in [-0.25, -0.2) is 4.39 Å². The second-order valence-corrected chi connectivity index (χ2v) is 1.22. The van der Waals surface area contributed by atoms with Crippen molar-refractivity contribution >= 4 is 0 Å². The van der Waals surface area contributed by atoms with E-state index >= 15 is 0 Å². The Kier molecular flexibility index (Phi) is 1.64. The summed E-state index contributed by atoms with van der Waals surface area (Å²) in [5.74, 6) is -0.296. The third kappa shape index (κ3) is 1.76. The van der Waals surface area contributed by atoms with Crippen LogP contribution in [0, 0.1) is 0 Å². The quantitative estimate of drug-likeness (QED) is 0.473. The lowest BCUT2D eigenvalue weighted by Gasteiger charge is -1.84. The van der Waals surface area contributed by atoms with Gasteiger partial charge in [0.1, 0.15) is 5.83 Å². The Balaban J connectivity index is 3.68. The normalized spacial score (nSPS) is 13.8. The van der Waals surface area contributed by atoms with E-state index in [0.717, 1.165) is 0 Å². The maximum atomic E-state index is 11.6. The van der Waals surface area contributed by atoms with Crippen LogP contribution in [-0.4, -0.2) is 0 Å². The van der Waals surface area contributed by atoms with Gasteiger partial charge in [-0.3, -0.25) is 0 Å². The van der Waals surface area contributed by atoms with Crippen molar-refractivity contribution < 1.29 is 4.39 Å². The zero-order valence-electron chi connectivity index (χ0n) is 3.96. The molecule has 0 heterocycles. The molecule has 0 aliphatic carbocycles. The molecule has 0 saturated heterocycles. The number of halogens is 1. The molecule has 0 aromatic rings. The van der Waals surface area contributed by atoms with Crippen LogP contribution in [0.2, 0.25) is 0 Å². The summed E-state index contributed by atoms with van der Waals surface area (Å²) in [6, 6.07) is 0. The Hall–Kier alpha value is -0.530. The van der Waals surface area contributed by atoms with Gasteiger partial charge in [-0.15, -0.1) is 0 Å². The maximum Gasteiger partial charge on any atom is 0.115 e. The third-order valence-electron chi connectivity index (χ3n) is 0.543. The van der Waals surface area contributed by atoms with Gasteiger partial charge in [-0.1, -0.05) is 0 Å². The number of rotatable bonds is 0. The minimum atomic E-state index is -0.296. The molecule has 0 rings (SSSR count). The van der Waals surface area contributed by atoms with Crippen LogP contribution in [0.4, 0.5) is 4.39 Å². The fraction of sp³-hybridized carbons (Fsp3) is 0.500. The first kappa shape index (κ1) is 5.47. The lowest BCUT2D eigenvalue weighted by atomic mass is 10.5. The number of nitrogens with two attached hydrogens (primary N) is 1. The molecule has 0 unspecified atom stereocenters. The molecule has 6 heavy (non-hydrogen) atoms. The highest BCUT2D eigenvalue weighted by Gasteiger charge is 1.81. The average Bonchev–Trinajstić information content (AvgIpc) is 1.36. The van der Waals surface area contributed by atoms with E-state index in [1.54, 1.807) is 0 Å². The Bertz CT molecular complexity index is 57.6. The van der Waals surface area contributed by atoms with E-state index in [1.807, 2.05) is 0 Å². The van der Waals surface area contributed by atoms with Gasteiger partial charge in [-0.05, 0) is 13.8 Å². The van der Waals surface area contributed by atoms with Crippen molar-refractivity contribution in [2.24, 2.45) is 5.73 Å². The lowest BCUT2D eigenvalue weighted by molar-refractivity contribution is 0.625. The molecule has 0 radical (unpaired) electrons. The fourth-order valence-electron chi connectivity index (χ4n) is 0. The molecule has 0 aromatic heterocycles. The van der Waals surface area contributed by atoms with E-state index < -0.39 is 0 Å². The van der Waals surface area contributed by atoms with Gasteiger partial charge < -0.3 is 5.73 Å². The van der Waals surface area contributed by atoms with Gasteiger partial charge >= 0.3 is 0 Å². The molecule has 0 saturated carbocycles. The predicted molar refractivity (Wildman–Crippen MR) is 23.7 cm³/mol. The highest BCUT2D eigenvalue weighted by Crippen LogP contribution is 1.94. The van der Waals surface area contributed by atoms with Crippen molar-refractivity contribution in [2.45, 2.75) is 13.8 Å². The molecule has 2 N–H and O–H groups in total. The summed E-state index contributed by atoms with van der Waals surface area (Å²) < 4.78 is 11.6. The molecule has 0 fully saturated rings. The van der Waals surface area contributed by atoms with E-state index in [-0.39, 0.29) is 11.5 Å². The van der Waals surface area contributed by atoms with Gasteiger partial charge in [0.15, 0.2) is 0 Å². The summed E-state index contributed by atoms with van der Waals surface area (Å²) in [5, 5.41) is 0. The summed E-state index contributed by atoms with van der Waals surface area (Å²) in [6.45, 7) is 2.85. The van der Waals surface area contributed by atoms with Crippen LogP contribution in [0.1, 0.15) is 13.8 Å². The minimum absolute atomic E-state index is 0.259. The van der Waals surface area contributed by atoms with Crippen molar-refractivity contribution in [3.05, 3.63) is 11.5 Å². The van der Waals surface area contributed by atoms with Crippen molar-refractivity contribution in [1.82, 2.24) is 0 Å². The largest absolute Gasteiger partial charge is 0.400 e. The molecule has 36 valence electrons. The van der Waals surface area contributed by atoms with Crippen molar-refractivity contribution in [1.29, 1.82) is 0 Å². The van der Waals surface area contributed by atoms with Crippen LogP contribution >= 0.6 is 0 Å². The van der Waals surface area contributed by atoms with Gasteiger partial charge in [0.2, 0.25) is 0 Å². The summed E-state index contributed by atoms with van der Waals surface area (Å²) in [6.07, 6.45) is 0. The van der Waals surface area contributed by atoms with Gasteiger partial charge in [0, 0.05) is 5.70 Å². The first-order valence-electron chi connectivity index (χ1n) is 1.73. The molecule has 0 aromatic carbocycles. The fourth-order valence-corrected chi connectivity index (χ4v) is 0. The predicted octanol–water partition coefficient (Wildman–Crippen LogP) is 1.17. The second-order valence-electron chi connectivity index (χ2n) is 1.22. The summed E-state index contributed by atoms with van der Waals surface area (Å²) in [5.41, 5.74) is 5.20. The van der Waals surface area contributed by atoms with E-state index in [1.165, 1.54) is 13.8 Å². The topological polar surface area (TPSA) is 26.0 Å². The van der Waals surface area contributed by atoms with Crippen LogP contribution in [0.25, 0.3) is 0 Å². The zero-order chi connectivity index (χ0) is 5.15. The van der Waals surface area contributed by atoms with Crippen LogP contribution in [-0.2, 0) is 0 Å². The van der Waals surface area contributed by atoms with Crippen LogP contribution in [0.5, 0.6) is 0 Å². The van der Waals surface area contributed by atoms with Crippen molar-refractivity contribution in [2.75, 3.05) is 0 Å². The number of hydrogen-bond acceptors (Lipinski definition) is 1. The second kappa shape index (κ2) is 1.80. The molecule has 1 nitrogen and oxygen atoms in total. The van der Waals surface area contributed by atoms with Gasteiger partial charge in [0.05, 0.1) is 0 Å². The van der Waals surface area contributed by atoms with Crippen molar-refractivity contribution in [3.8, 4) is 0 Å². The van der Waals surface area contributed by atoms with E-state index in [2.05, 4.69) is 0 Å². The first-order chi connectivity index (χ1) is 2.64. The van der Waals surface area contributed by atoms with Crippen LogP contribution in [0.3, 0.4) is 0 Å². The first-order valence-corrected chi connectivity index (χ1v) is 1.73. The highest BCUT2D eigenvalue weighted by molar-refractivity contribution is 4.95. The van der Waals surface area contributed by atoms with Crippen LogP contribution < -0.4 is 5.73 Å². The summed E-state index contributed by atoms with van der Waals surface area (Å²) in [4.78, 5) is 0. The molecular formula is C4H8FN.